The molecule has 0 aliphatic rings. The topological polar surface area (TPSA) is 0 Å². The molecule has 1 aromatic heterocycles. The minimum absolute atomic E-state index is 0.583. The molecule has 0 bridgehead atoms. The number of hydrogen-bond donors (Lipinski definition) is 0. The van der Waals surface area contributed by atoms with Crippen molar-refractivity contribution in [2.75, 3.05) is 0 Å². The highest BCUT2D eigenvalue weighted by molar-refractivity contribution is 7.25. The maximum absolute atomic E-state index is 5.85. The largest absolute Gasteiger partial charge is 0.135 e. The van der Waals surface area contributed by atoms with Crippen LogP contribution in [0, 0.1) is 0 Å². The van der Waals surface area contributed by atoms with E-state index in [4.69, 9.17) is 11.6 Å². The summed E-state index contributed by atoms with van der Waals surface area (Å²) < 4.78 is 2.68. The standard InChI is InChI=1S/C13H9ClS/c14-8-9-5-6-13-11(7-9)10-3-1-2-4-12(10)15-13/h1-7H,8H2. The van der Waals surface area contributed by atoms with Gasteiger partial charge in [0.15, 0.2) is 0 Å². The van der Waals surface area contributed by atoms with Gasteiger partial charge >= 0.3 is 0 Å². The second-order valence-electron chi connectivity index (χ2n) is 3.56. The molecule has 0 unspecified atom stereocenters. The van der Waals surface area contributed by atoms with Gasteiger partial charge in [-0.05, 0) is 23.8 Å². The van der Waals surface area contributed by atoms with Gasteiger partial charge in [-0.2, -0.15) is 0 Å². The van der Waals surface area contributed by atoms with E-state index >= 15 is 0 Å². The molecule has 2 aromatic carbocycles. The number of hydrogen-bond acceptors (Lipinski definition) is 1. The molecule has 3 aromatic rings. The summed E-state index contributed by atoms with van der Waals surface area (Å²) in [5, 5.41) is 2.67. The predicted molar refractivity (Wildman–Crippen MR) is 68.9 cm³/mol. The van der Waals surface area contributed by atoms with Crippen molar-refractivity contribution in [3.05, 3.63) is 48.0 Å². The van der Waals surface area contributed by atoms with Gasteiger partial charge in [0, 0.05) is 26.1 Å². The van der Waals surface area contributed by atoms with Crippen LogP contribution in [0.3, 0.4) is 0 Å². The van der Waals surface area contributed by atoms with Gasteiger partial charge in [-0.1, -0.05) is 24.3 Å². The molecule has 0 saturated carbocycles. The average Bonchev–Trinajstić information content (AvgIpc) is 2.66. The molecule has 0 aliphatic heterocycles. The fourth-order valence-corrected chi connectivity index (χ4v) is 3.11. The highest BCUT2D eigenvalue weighted by atomic mass is 35.5. The van der Waals surface area contributed by atoms with Gasteiger partial charge < -0.3 is 0 Å². The lowest BCUT2D eigenvalue weighted by molar-refractivity contribution is 1.43. The van der Waals surface area contributed by atoms with E-state index in [1.54, 1.807) is 0 Å². The first-order valence-electron chi connectivity index (χ1n) is 4.84. The summed E-state index contributed by atoms with van der Waals surface area (Å²) >= 11 is 7.69. The van der Waals surface area contributed by atoms with Crippen molar-refractivity contribution in [3.63, 3.8) is 0 Å². The van der Waals surface area contributed by atoms with Crippen LogP contribution in [-0.2, 0) is 5.88 Å². The van der Waals surface area contributed by atoms with Crippen molar-refractivity contribution < 1.29 is 0 Å². The summed E-state index contributed by atoms with van der Waals surface area (Å²) in [6.07, 6.45) is 0. The van der Waals surface area contributed by atoms with Crippen molar-refractivity contribution in [1.29, 1.82) is 0 Å². The molecule has 0 atom stereocenters. The average molecular weight is 233 g/mol. The first-order chi connectivity index (χ1) is 7.38. The number of alkyl halides is 1. The van der Waals surface area contributed by atoms with E-state index in [2.05, 4.69) is 42.5 Å². The second kappa shape index (κ2) is 3.51. The molecule has 0 saturated heterocycles. The molecular formula is C13H9ClS. The molecule has 0 spiro atoms. The zero-order valence-electron chi connectivity index (χ0n) is 8.03. The zero-order valence-corrected chi connectivity index (χ0v) is 9.61. The Hall–Kier alpha value is -1.05. The third kappa shape index (κ3) is 1.43. The molecule has 0 aliphatic carbocycles. The third-order valence-corrected chi connectivity index (χ3v) is 4.06. The van der Waals surface area contributed by atoms with Crippen molar-refractivity contribution in [3.8, 4) is 0 Å². The molecule has 0 nitrogen and oxygen atoms in total. The lowest BCUT2D eigenvalue weighted by Crippen LogP contribution is -1.75. The Morgan fingerprint density at radius 2 is 1.73 bits per heavy atom. The molecule has 15 heavy (non-hydrogen) atoms. The molecule has 0 amide bonds. The van der Waals surface area contributed by atoms with Crippen LogP contribution in [0.15, 0.2) is 42.5 Å². The summed E-state index contributed by atoms with van der Waals surface area (Å²) in [4.78, 5) is 0. The van der Waals surface area contributed by atoms with Gasteiger partial charge in [0.05, 0.1) is 0 Å². The van der Waals surface area contributed by atoms with E-state index in [1.807, 2.05) is 11.3 Å². The predicted octanol–water partition coefficient (Wildman–Crippen LogP) is 4.79. The van der Waals surface area contributed by atoms with Crippen LogP contribution in [-0.4, -0.2) is 0 Å². The molecule has 0 radical (unpaired) electrons. The van der Waals surface area contributed by atoms with Crippen LogP contribution in [0.2, 0.25) is 0 Å². The van der Waals surface area contributed by atoms with E-state index in [0.29, 0.717) is 5.88 Å². The van der Waals surface area contributed by atoms with Crippen molar-refractivity contribution in [1.82, 2.24) is 0 Å². The van der Waals surface area contributed by atoms with E-state index in [-0.39, 0.29) is 0 Å². The summed E-state index contributed by atoms with van der Waals surface area (Å²) in [7, 11) is 0. The van der Waals surface area contributed by atoms with E-state index in [9.17, 15) is 0 Å². The second-order valence-corrected chi connectivity index (χ2v) is 4.91. The fourth-order valence-electron chi connectivity index (χ4n) is 1.86. The molecule has 1 heterocycles. The van der Waals surface area contributed by atoms with Gasteiger partial charge in [0.1, 0.15) is 0 Å². The summed E-state index contributed by atoms with van der Waals surface area (Å²) in [6, 6.07) is 15.0. The van der Waals surface area contributed by atoms with E-state index in [0.717, 1.165) is 0 Å². The molecule has 2 heteroatoms. The van der Waals surface area contributed by atoms with Crippen LogP contribution in [0.25, 0.3) is 20.2 Å². The monoisotopic (exact) mass is 232 g/mol. The van der Waals surface area contributed by atoms with Crippen LogP contribution in [0.4, 0.5) is 0 Å². The number of halogens is 1. The SMILES string of the molecule is ClCc1ccc2sc3ccccc3c2c1. The van der Waals surface area contributed by atoms with E-state index in [1.165, 1.54) is 25.7 Å². The Morgan fingerprint density at radius 3 is 2.60 bits per heavy atom. The Labute approximate surface area is 97.1 Å². The van der Waals surface area contributed by atoms with Crippen LogP contribution in [0.5, 0.6) is 0 Å². The minimum atomic E-state index is 0.583. The summed E-state index contributed by atoms with van der Waals surface area (Å²) in [6.45, 7) is 0. The van der Waals surface area contributed by atoms with Crippen LogP contribution >= 0.6 is 22.9 Å². The van der Waals surface area contributed by atoms with Gasteiger partial charge in [-0.15, -0.1) is 22.9 Å². The van der Waals surface area contributed by atoms with Crippen LogP contribution < -0.4 is 0 Å². The van der Waals surface area contributed by atoms with Crippen molar-refractivity contribution in [2.45, 2.75) is 5.88 Å². The summed E-state index contributed by atoms with van der Waals surface area (Å²) in [5.74, 6) is 0.583. The molecule has 3 rings (SSSR count). The number of rotatable bonds is 1. The first-order valence-corrected chi connectivity index (χ1v) is 6.20. The van der Waals surface area contributed by atoms with Gasteiger partial charge in [0.2, 0.25) is 0 Å². The Bertz CT molecular complexity index is 625. The Morgan fingerprint density at radius 1 is 0.933 bits per heavy atom. The smallest absolute Gasteiger partial charge is 0.0474 e. The lowest BCUT2D eigenvalue weighted by atomic mass is 10.1. The van der Waals surface area contributed by atoms with Gasteiger partial charge in [0.25, 0.3) is 0 Å². The highest BCUT2D eigenvalue weighted by Crippen LogP contribution is 2.34. The maximum atomic E-state index is 5.85. The van der Waals surface area contributed by atoms with Gasteiger partial charge in [-0.25, -0.2) is 0 Å². The maximum Gasteiger partial charge on any atom is 0.0474 e. The number of thiophene rings is 1. The molecule has 0 fully saturated rings. The molecular weight excluding hydrogens is 224 g/mol. The Balaban J connectivity index is 2.46. The quantitative estimate of drug-likeness (QED) is 0.529. The lowest BCUT2D eigenvalue weighted by Gasteiger charge is -1.95. The normalized spacial score (nSPS) is 11.3. The third-order valence-electron chi connectivity index (χ3n) is 2.60. The summed E-state index contributed by atoms with van der Waals surface area (Å²) in [5.41, 5.74) is 1.19. The molecule has 74 valence electrons. The fraction of sp³-hybridized carbons (Fsp3) is 0.0769. The van der Waals surface area contributed by atoms with E-state index < -0.39 is 0 Å². The zero-order chi connectivity index (χ0) is 10.3. The van der Waals surface area contributed by atoms with Gasteiger partial charge in [-0.3, -0.25) is 0 Å². The number of fused-ring (bicyclic) bond motifs is 3. The Kier molecular flexibility index (Phi) is 2.15. The minimum Gasteiger partial charge on any atom is -0.135 e. The van der Waals surface area contributed by atoms with Crippen molar-refractivity contribution in [2.24, 2.45) is 0 Å². The number of benzene rings is 2. The van der Waals surface area contributed by atoms with Crippen molar-refractivity contribution >= 4 is 43.1 Å². The first kappa shape index (κ1) is 9.20. The van der Waals surface area contributed by atoms with Crippen LogP contribution in [0.1, 0.15) is 5.56 Å². The highest BCUT2D eigenvalue weighted by Gasteiger charge is 2.04. The molecule has 0 N–H and O–H groups in total.